The molecule has 3 nitrogen and oxygen atoms in total. The van der Waals surface area contributed by atoms with E-state index < -0.39 is 0 Å². The smallest absolute Gasteiger partial charge is 0.0858 e. The third kappa shape index (κ3) is 4.04. The molecule has 1 aliphatic heterocycles. The third-order valence-corrected chi connectivity index (χ3v) is 5.41. The minimum absolute atomic E-state index is 0.295. The van der Waals surface area contributed by atoms with Crippen molar-refractivity contribution in [2.45, 2.75) is 51.8 Å². The Balaban J connectivity index is 1.96. The van der Waals surface area contributed by atoms with Crippen LogP contribution in [-0.2, 0) is 17.6 Å². The molecule has 1 fully saturated rings. The summed E-state index contributed by atoms with van der Waals surface area (Å²) in [5.74, 6) is 0. The second-order valence-electron chi connectivity index (χ2n) is 5.82. The van der Waals surface area contributed by atoms with Gasteiger partial charge in [0, 0.05) is 34.9 Å². The summed E-state index contributed by atoms with van der Waals surface area (Å²) in [4.78, 5) is 5.46. The van der Waals surface area contributed by atoms with E-state index in [4.69, 9.17) is 4.74 Å². The van der Waals surface area contributed by atoms with Crippen LogP contribution in [0.25, 0.3) is 0 Å². The van der Waals surface area contributed by atoms with Crippen LogP contribution in [0.15, 0.2) is 12.1 Å². The average molecular weight is 296 g/mol. The van der Waals surface area contributed by atoms with Gasteiger partial charge in [-0.1, -0.05) is 6.92 Å². The molecule has 1 saturated heterocycles. The fourth-order valence-corrected chi connectivity index (χ4v) is 3.78. The molecule has 2 atom stereocenters. The maximum atomic E-state index is 6.02. The van der Waals surface area contributed by atoms with Crippen molar-refractivity contribution in [2.75, 3.05) is 26.7 Å². The summed E-state index contributed by atoms with van der Waals surface area (Å²) >= 11 is 1.94. The molecule has 0 aliphatic carbocycles. The number of nitrogens with one attached hydrogen (secondary N) is 1. The first-order valence-electron chi connectivity index (χ1n) is 7.74. The molecule has 1 aromatic heterocycles. The molecule has 1 N–H and O–H groups in total. The lowest BCUT2D eigenvalue weighted by atomic mass is 10.0. The highest BCUT2D eigenvalue weighted by Gasteiger charge is 2.28. The Bertz CT molecular complexity index is 405. The predicted octanol–water partition coefficient (Wildman–Crippen LogP) is 2.55. The second kappa shape index (κ2) is 7.55. The Morgan fingerprint density at radius 1 is 1.40 bits per heavy atom. The Kier molecular flexibility index (Phi) is 6.02. The molecule has 0 aromatic carbocycles. The number of ether oxygens (including phenoxy) is 1. The van der Waals surface area contributed by atoms with Crippen molar-refractivity contribution in [3.8, 4) is 0 Å². The molecule has 1 aliphatic rings. The molecule has 0 amide bonds. The van der Waals surface area contributed by atoms with E-state index in [0.717, 1.165) is 32.5 Å². The van der Waals surface area contributed by atoms with E-state index in [2.05, 4.69) is 50.2 Å². The summed E-state index contributed by atoms with van der Waals surface area (Å²) in [7, 11) is 2.05. The number of aryl methyl sites for hydroxylation is 1. The summed E-state index contributed by atoms with van der Waals surface area (Å²) in [5.41, 5.74) is 0. The van der Waals surface area contributed by atoms with E-state index in [0.29, 0.717) is 18.2 Å². The number of thiophene rings is 1. The fraction of sp³-hybridized carbons (Fsp3) is 0.750. The maximum Gasteiger partial charge on any atom is 0.0858 e. The standard InChI is InChI=1S/C16H28N2OS/c1-5-13-6-7-14(20-13)10-15(17-4)16-11-18(12(2)3)8-9-19-16/h6-7,12,15-17H,5,8-11H2,1-4H3. The summed E-state index contributed by atoms with van der Waals surface area (Å²) in [6, 6.07) is 5.54. The van der Waals surface area contributed by atoms with E-state index in [1.165, 1.54) is 9.75 Å². The Morgan fingerprint density at radius 2 is 2.15 bits per heavy atom. The molecule has 2 unspecified atom stereocenters. The lowest BCUT2D eigenvalue weighted by Crippen LogP contribution is -2.53. The van der Waals surface area contributed by atoms with Crippen LogP contribution in [0.4, 0.5) is 0 Å². The summed E-state index contributed by atoms with van der Waals surface area (Å²) in [6.07, 6.45) is 2.50. The highest BCUT2D eigenvalue weighted by molar-refractivity contribution is 7.11. The third-order valence-electron chi connectivity index (χ3n) is 4.16. The van der Waals surface area contributed by atoms with Gasteiger partial charge in [-0.2, -0.15) is 0 Å². The summed E-state index contributed by atoms with van der Waals surface area (Å²) < 4.78 is 6.02. The molecule has 0 spiro atoms. The Morgan fingerprint density at radius 3 is 2.75 bits per heavy atom. The Labute approximate surface area is 127 Å². The minimum Gasteiger partial charge on any atom is -0.374 e. The zero-order chi connectivity index (χ0) is 14.5. The second-order valence-corrected chi connectivity index (χ2v) is 7.07. The zero-order valence-corrected chi connectivity index (χ0v) is 14.0. The van der Waals surface area contributed by atoms with E-state index in [9.17, 15) is 0 Å². The molecular weight excluding hydrogens is 268 g/mol. The van der Waals surface area contributed by atoms with Crippen molar-refractivity contribution in [3.05, 3.63) is 21.9 Å². The van der Waals surface area contributed by atoms with Gasteiger partial charge in [-0.25, -0.2) is 0 Å². The molecule has 0 radical (unpaired) electrons. The average Bonchev–Trinajstić information content (AvgIpc) is 2.92. The van der Waals surface area contributed by atoms with Crippen LogP contribution in [0.3, 0.4) is 0 Å². The van der Waals surface area contributed by atoms with Crippen LogP contribution in [-0.4, -0.2) is 49.8 Å². The van der Waals surface area contributed by atoms with Gasteiger partial charge in [-0.15, -0.1) is 11.3 Å². The minimum atomic E-state index is 0.295. The quantitative estimate of drug-likeness (QED) is 0.873. The van der Waals surface area contributed by atoms with E-state index in [-0.39, 0.29) is 0 Å². The molecule has 20 heavy (non-hydrogen) atoms. The maximum absolute atomic E-state index is 6.02. The van der Waals surface area contributed by atoms with Crippen molar-refractivity contribution in [1.82, 2.24) is 10.2 Å². The number of hydrogen-bond acceptors (Lipinski definition) is 4. The largest absolute Gasteiger partial charge is 0.374 e. The van der Waals surface area contributed by atoms with Gasteiger partial charge in [0.2, 0.25) is 0 Å². The predicted molar refractivity (Wildman–Crippen MR) is 86.7 cm³/mol. The van der Waals surface area contributed by atoms with E-state index >= 15 is 0 Å². The fourth-order valence-electron chi connectivity index (χ4n) is 2.77. The van der Waals surface area contributed by atoms with E-state index in [1.807, 2.05) is 11.3 Å². The Hall–Kier alpha value is -0.420. The lowest BCUT2D eigenvalue weighted by Gasteiger charge is -2.38. The highest BCUT2D eigenvalue weighted by atomic mass is 32.1. The first-order chi connectivity index (χ1) is 9.63. The van der Waals surface area contributed by atoms with Crippen molar-refractivity contribution in [1.29, 1.82) is 0 Å². The molecule has 0 bridgehead atoms. The molecule has 0 saturated carbocycles. The summed E-state index contributed by atoms with van der Waals surface area (Å²) in [5, 5.41) is 3.46. The van der Waals surface area contributed by atoms with Crippen LogP contribution in [0.5, 0.6) is 0 Å². The van der Waals surface area contributed by atoms with Crippen molar-refractivity contribution in [2.24, 2.45) is 0 Å². The molecule has 2 heterocycles. The van der Waals surface area contributed by atoms with Crippen LogP contribution in [0.1, 0.15) is 30.5 Å². The van der Waals surface area contributed by atoms with Gasteiger partial charge >= 0.3 is 0 Å². The van der Waals surface area contributed by atoms with Crippen LogP contribution < -0.4 is 5.32 Å². The van der Waals surface area contributed by atoms with Crippen molar-refractivity contribution in [3.63, 3.8) is 0 Å². The van der Waals surface area contributed by atoms with Gasteiger partial charge < -0.3 is 10.1 Å². The number of nitrogens with zero attached hydrogens (tertiary/aromatic N) is 1. The van der Waals surface area contributed by atoms with Gasteiger partial charge in [0.15, 0.2) is 0 Å². The normalized spacial score (nSPS) is 22.4. The molecule has 2 rings (SSSR count). The summed E-state index contributed by atoms with van der Waals surface area (Å²) in [6.45, 7) is 9.70. The van der Waals surface area contributed by atoms with E-state index in [1.54, 1.807) is 0 Å². The molecule has 1 aromatic rings. The zero-order valence-electron chi connectivity index (χ0n) is 13.2. The number of morpholine rings is 1. The van der Waals surface area contributed by atoms with Gasteiger partial charge in [0.1, 0.15) is 0 Å². The van der Waals surface area contributed by atoms with Crippen molar-refractivity contribution < 1.29 is 4.74 Å². The van der Waals surface area contributed by atoms with Crippen LogP contribution in [0.2, 0.25) is 0 Å². The van der Waals surface area contributed by atoms with Gasteiger partial charge in [0.25, 0.3) is 0 Å². The molecular formula is C16H28N2OS. The SMILES string of the molecule is CCc1ccc(CC(NC)C2CN(C(C)C)CCO2)s1. The topological polar surface area (TPSA) is 24.5 Å². The van der Waals surface area contributed by atoms with Crippen LogP contribution in [0, 0.1) is 0 Å². The van der Waals surface area contributed by atoms with Gasteiger partial charge in [-0.3, -0.25) is 4.90 Å². The number of rotatable bonds is 6. The number of likely N-dealkylation sites (N-methyl/N-ethyl adjacent to an activating group) is 1. The first kappa shape index (κ1) is 16.0. The first-order valence-corrected chi connectivity index (χ1v) is 8.56. The highest BCUT2D eigenvalue weighted by Crippen LogP contribution is 2.21. The molecule has 114 valence electrons. The van der Waals surface area contributed by atoms with Gasteiger partial charge in [0.05, 0.1) is 12.7 Å². The lowest BCUT2D eigenvalue weighted by molar-refractivity contribution is -0.0540. The van der Waals surface area contributed by atoms with Gasteiger partial charge in [-0.05, 0) is 45.9 Å². The van der Waals surface area contributed by atoms with Crippen LogP contribution >= 0.6 is 11.3 Å². The monoisotopic (exact) mass is 296 g/mol. The number of hydrogen-bond donors (Lipinski definition) is 1. The van der Waals surface area contributed by atoms with Crippen molar-refractivity contribution >= 4 is 11.3 Å². The molecule has 4 heteroatoms.